The van der Waals surface area contributed by atoms with Crippen LogP contribution >= 0.6 is 0 Å². The first-order valence-electron chi connectivity index (χ1n) is 5.59. The molecule has 0 unspecified atom stereocenters. The van der Waals surface area contributed by atoms with Gasteiger partial charge in [-0.05, 0) is 25.8 Å². The molecule has 94 valence electrons. The fourth-order valence-corrected chi connectivity index (χ4v) is 1.57. The van der Waals surface area contributed by atoms with Crippen molar-refractivity contribution in [2.45, 2.75) is 19.8 Å². The highest BCUT2D eigenvalue weighted by atomic mass is 16.5. The maximum absolute atomic E-state index is 11.5. The van der Waals surface area contributed by atoms with E-state index in [4.69, 9.17) is 4.74 Å². The van der Waals surface area contributed by atoms with Crippen LogP contribution in [0.2, 0.25) is 0 Å². The van der Waals surface area contributed by atoms with E-state index < -0.39 is 11.9 Å². The largest absolute Gasteiger partial charge is 0.465 e. The van der Waals surface area contributed by atoms with E-state index in [1.807, 2.05) is 0 Å². The van der Waals surface area contributed by atoms with E-state index in [2.05, 4.69) is 10.1 Å². The maximum atomic E-state index is 11.5. The zero-order valence-corrected chi connectivity index (χ0v) is 10.1. The fourth-order valence-electron chi connectivity index (χ4n) is 1.57. The fraction of sp³-hybridized carbons (Fsp3) is 0.500. The number of hydrogen-bond acceptors (Lipinski definition) is 5. The van der Waals surface area contributed by atoms with E-state index >= 15 is 0 Å². The molecule has 0 saturated carbocycles. The van der Waals surface area contributed by atoms with Crippen molar-refractivity contribution in [3.8, 4) is 0 Å². The highest BCUT2D eigenvalue weighted by Crippen LogP contribution is 2.16. The van der Waals surface area contributed by atoms with Gasteiger partial charge in [-0.2, -0.15) is 0 Å². The molecule has 1 heterocycles. The molecule has 0 aromatic heterocycles. The summed E-state index contributed by atoms with van der Waals surface area (Å²) in [5.41, 5.74) is 1.20. The Hall–Kier alpha value is -1.78. The van der Waals surface area contributed by atoms with Gasteiger partial charge in [0, 0.05) is 18.3 Å². The minimum atomic E-state index is -0.465. The topological polar surface area (TPSA) is 64.6 Å². The molecule has 1 aliphatic heterocycles. The van der Waals surface area contributed by atoms with Gasteiger partial charge in [-0.1, -0.05) is 0 Å². The number of allylic oxidation sites excluding steroid dienone is 1. The van der Waals surface area contributed by atoms with Crippen molar-refractivity contribution in [3.63, 3.8) is 0 Å². The molecule has 1 N–H and O–H groups in total. The van der Waals surface area contributed by atoms with Crippen molar-refractivity contribution in [3.05, 3.63) is 23.4 Å². The van der Waals surface area contributed by atoms with E-state index in [1.165, 1.54) is 19.3 Å². The van der Waals surface area contributed by atoms with Crippen molar-refractivity contribution in [1.29, 1.82) is 0 Å². The molecule has 1 rings (SSSR count). The van der Waals surface area contributed by atoms with Crippen LogP contribution in [0.15, 0.2) is 23.4 Å². The number of esters is 2. The van der Waals surface area contributed by atoms with Gasteiger partial charge >= 0.3 is 11.9 Å². The van der Waals surface area contributed by atoms with Gasteiger partial charge in [0.05, 0.1) is 19.3 Å². The third-order valence-electron chi connectivity index (χ3n) is 2.35. The predicted molar refractivity (Wildman–Crippen MR) is 62.1 cm³/mol. The monoisotopic (exact) mass is 239 g/mol. The number of ether oxygens (including phenoxy) is 2. The summed E-state index contributed by atoms with van der Waals surface area (Å²) in [5.74, 6) is -0.914. The summed E-state index contributed by atoms with van der Waals surface area (Å²) < 4.78 is 9.42. The van der Waals surface area contributed by atoms with Crippen LogP contribution < -0.4 is 5.32 Å². The molecule has 1 saturated heterocycles. The summed E-state index contributed by atoms with van der Waals surface area (Å²) in [7, 11) is 1.32. The molecule has 5 nitrogen and oxygen atoms in total. The Kier molecular flexibility index (Phi) is 5.26. The molecule has 1 aliphatic rings. The van der Waals surface area contributed by atoms with Crippen molar-refractivity contribution >= 4 is 11.9 Å². The van der Waals surface area contributed by atoms with Crippen molar-refractivity contribution < 1.29 is 19.1 Å². The van der Waals surface area contributed by atoms with Crippen LogP contribution in [0.1, 0.15) is 19.8 Å². The average molecular weight is 239 g/mol. The minimum Gasteiger partial charge on any atom is -0.465 e. The van der Waals surface area contributed by atoms with E-state index in [-0.39, 0.29) is 0 Å². The SMILES string of the molecule is CCOC(=O)/C=C\C(C(=O)OC)=C1\CCCN1. The summed E-state index contributed by atoms with van der Waals surface area (Å²) in [6, 6.07) is 0. The lowest BCUT2D eigenvalue weighted by Crippen LogP contribution is -2.13. The van der Waals surface area contributed by atoms with Crippen LogP contribution in [0.25, 0.3) is 0 Å². The van der Waals surface area contributed by atoms with Gasteiger partial charge in [0.15, 0.2) is 0 Å². The van der Waals surface area contributed by atoms with Gasteiger partial charge < -0.3 is 14.8 Å². The standard InChI is InChI=1S/C12H17NO4/c1-3-17-11(14)7-6-9(12(15)16-2)10-5-4-8-13-10/h6-7,13H,3-5,8H2,1-2H3/b7-6-,10-9+. The highest BCUT2D eigenvalue weighted by Gasteiger charge is 2.16. The normalized spacial score (nSPS) is 17.8. The Balaban J connectivity index is 2.81. The molecule has 17 heavy (non-hydrogen) atoms. The molecular weight excluding hydrogens is 222 g/mol. The van der Waals surface area contributed by atoms with Gasteiger partial charge in [-0.25, -0.2) is 9.59 Å². The van der Waals surface area contributed by atoms with Gasteiger partial charge in [0.25, 0.3) is 0 Å². The Morgan fingerprint density at radius 3 is 2.71 bits per heavy atom. The lowest BCUT2D eigenvalue weighted by molar-refractivity contribution is -0.137. The smallest absolute Gasteiger partial charge is 0.339 e. The van der Waals surface area contributed by atoms with Gasteiger partial charge in [0.2, 0.25) is 0 Å². The molecule has 0 amide bonds. The number of carbonyl (C=O) groups excluding carboxylic acids is 2. The highest BCUT2D eigenvalue weighted by molar-refractivity contribution is 5.94. The van der Waals surface area contributed by atoms with Crippen LogP contribution in [0, 0.1) is 0 Å². The van der Waals surface area contributed by atoms with Crippen molar-refractivity contribution in [1.82, 2.24) is 5.32 Å². The Morgan fingerprint density at radius 2 is 2.18 bits per heavy atom. The van der Waals surface area contributed by atoms with E-state index in [0.717, 1.165) is 25.1 Å². The molecule has 1 fully saturated rings. The number of carbonyl (C=O) groups is 2. The molecule has 0 aliphatic carbocycles. The minimum absolute atomic E-state index is 0.311. The Morgan fingerprint density at radius 1 is 1.41 bits per heavy atom. The van der Waals surface area contributed by atoms with Crippen LogP contribution in [-0.2, 0) is 19.1 Å². The van der Waals surface area contributed by atoms with Crippen LogP contribution in [0.5, 0.6) is 0 Å². The second-order valence-electron chi connectivity index (χ2n) is 3.50. The first kappa shape index (κ1) is 13.3. The van der Waals surface area contributed by atoms with Crippen LogP contribution in [0.3, 0.4) is 0 Å². The van der Waals surface area contributed by atoms with Crippen molar-refractivity contribution in [2.75, 3.05) is 20.3 Å². The molecule has 0 aromatic rings. The van der Waals surface area contributed by atoms with E-state index in [0.29, 0.717) is 12.2 Å². The Labute approximate surface area is 100 Å². The quantitative estimate of drug-likeness (QED) is 0.583. The number of methoxy groups -OCH3 is 1. The molecule has 0 spiro atoms. The second kappa shape index (κ2) is 6.73. The van der Waals surface area contributed by atoms with Gasteiger partial charge in [-0.3, -0.25) is 0 Å². The lowest BCUT2D eigenvalue weighted by atomic mass is 10.1. The van der Waals surface area contributed by atoms with Gasteiger partial charge in [-0.15, -0.1) is 0 Å². The summed E-state index contributed by atoms with van der Waals surface area (Å²) >= 11 is 0. The summed E-state index contributed by atoms with van der Waals surface area (Å²) in [5, 5.41) is 3.10. The number of rotatable bonds is 4. The lowest BCUT2D eigenvalue weighted by Gasteiger charge is -2.05. The summed E-state index contributed by atoms with van der Waals surface area (Å²) in [4.78, 5) is 22.7. The molecule has 0 atom stereocenters. The molecule has 0 radical (unpaired) electrons. The zero-order valence-electron chi connectivity index (χ0n) is 10.1. The van der Waals surface area contributed by atoms with Crippen LogP contribution in [-0.4, -0.2) is 32.2 Å². The molecule has 0 bridgehead atoms. The Bertz CT molecular complexity index is 350. The zero-order chi connectivity index (χ0) is 12.7. The van der Waals surface area contributed by atoms with Crippen molar-refractivity contribution in [2.24, 2.45) is 0 Å². The molecule has 5 heteroatoms. The predicted octanol–water partition coefficient (Wildman–Crippen LogP) is 0.916. The van der Waals surface area contributed by atoms with Gasteiger partial charge in [0.1, 0.15) is 0 Å². The molecule has 0 aromatic carbocycles. The summed E-state index contributed by atoms with van der Waals surface area (Å²) in [6.07, 6.45) is 4.45. The molecular formula is C12H17NO4. The average Bonchev–Trinajstić information content (AvgIpc) is 2.83. The number of nitrogens with one attached hydrogen (secondary N) is 1. The maximum Gasteiger partial charge on any atom is 0.339 e. The summed E-state index contributed by atoms with van der Waals surface area (Å²) in [6.45, 7) is 2.87. The first-order valence-corrected chi connectivity index (χ1v) is 5.59. The van der Waals surface area contributed by atoms with E-state index in [1.54, 1.807) is 6.92 Å². The van der Waals surface area contributed by atoms with Crippen LogP contribution in [0.4, 0.5) is 0 Å². The van der Waals surface area contributed by atoms with E-state index in [9.17, 15) is 9.59 Å². The number of hydrogen-bond donors (Lipinski definition) is 1. The third kappa shape index (κ3) is 3.94. The third-order valence-corrected chi connectivity index (χ3v) is 2.35. The second-order valence-corrected chi connectivity index (χ2v) is 3.50. The first-order chi connectivity index (χ1) is 8.19.